The highest BCUT2D eigenvalue weighted by Crippen LogP contribution is 2.33. The molecule has 0 aromatic heterocycles. The Morgan fingerprint density at radius 1 is 1.29 bits per heavy atom. The standard InChI is InChI=1S/C13H18N2O2/c1-8-9(2)13(17-4)10(5-11(15)7-14)6-12(8)16-3/h6,11H,5,15H2,1-4H3. The van der Waals surface area contributed by atoms with Crippen LogP contribution in [0.15, 0.2) is 6.07 Å². The third kappa shape index (κ3) is 2.69. The normalized spacial score (nSPS) is 11.8. The Labute approximate surface area is 102 Å². The van der Waals surface area contributed by atoms with Crippen molar-refractivity contribution in [2.24, 2.45) is 5.73 Å². The van der Waals surface area contributed by atoms with E-state index < -0.39 is 6.04 Å². The second-order valence-electron chi connectivity index (χ2n) is 3.96. The monoisotopic (exact) mass is 234 g/mol. The van der Waals surface area contributed by atoms with E-state index >= 15 is 0 Å². The van der Waals surface area contributed by atoms with Crippen LogP contribution in [0.2, 0.25) is 0 Å². The second-order valence-corrected chi connectivity index (χ2v) is 3.96. The van der Waals surface area contributed by atoms with Gasteiger partial charge in [0.2, 0.25) is 0 Å². The molecule has 0 saturated carbocycles. The quantitative estimate of drug-likeness (QED) is 0.861. The van der Waals surface area contributed by atoms with Crippen molar-refractivity contribution in [3.05, 3.63) is 22.8 Å². The first kappa shape index (κ1) is 13.3. The maximum absolute atomic E-state index is 8.76. The summed E-state index contributed by atoms with van der Waals surface area (Å²) in [4.78, 5) is 0. The molecule has 0 heterocycles. The fourth-order valence-corrected chi connectivity index (χ4v) is 1.86. The molecule has 4 heteroatoms. The van der Waals surface area contributed by atoms with Crippen molar-refractivity contribution in [3.8, 4) is 17.6 Å². The Hall–Kier alpha value is -1.73. The first-order valence-corrected chi connectivity index (χ1v) is 5.41. The number of ether oxygens (including phenoxy) is 2. The minimum absolute atomic E-state index is 0.456. The van der Waals surface area contributed by atoms with Crippen LogP contribution in [0.25, 0.3) is 0 Å². The van der Waals surface area contributed by atoms with Crippen molar-refractivity contribution in [2.45, 2.75) is 26.3 Å². The fourth-order valence-electron chi connectivity index (χ4n) is 1.86. The maximum Gasteiger partial charge on any atom is 0.125 e. The maximum atomic E-state index is 8.76. The van der Waals surface area contributed by atoms with Gasteiger partial charge in [0, 0.05) is 12.0 Å². The smallest absolute Gasteiger partial charge is 0.125 e. The topological polar surface area (TPSA) is 68.3 Å². The van der Waals surface area contributed by atoms with E-state index in [1.165, 1.54) is 0 Å². The van der Waals surface area contributed by atoms with Crippen molar-refractivity contribution >= 4 is 0 Å². The van der Waals surface area contributed by atoms with Crippen molar-refractivity contribution in [3.63, 3.8) is 0 Å². The summed E-state index contributed by atoms with van der Waals surface area (Å²) in [6.45, 7) is 3.95. The van der Waals surface area contributed by atoms with E-state index in [0.717, 1.165) is 28.2 Å². The highest BCUT2D eigenvalue weighted by Gasteiger charge is 2.15. The summed E-state index contributed by atoms with van der Waals surface area (Å²) in [7, 11) is 3.25. The van der Waals surface area contributed by atoms with Crippen molar-refractivity contribution in [1.29, 1.82) is 5.26 Å². The summed E-state index contributed by atoms with van der Waals surface area (Å²) >= 11 is 0. The van der Waals surface area contributed by atoms with Gasteiger partial charge in [-0.05, 0) is 31.0 Å². The highest BCUT2D eigenvalue weighted by molar-refractivity contribution is 5.53. The molecule has 4 nitrogen and oxygen atoms in total. The minimum Gasteiger partial charge on any atom is -0.496 e. The SMILES string of the molecule is COc1cc(CC(N)C#N)c(OC)c(C)c1C. The number of nitrogens with two attached hydrogens (primary N) is 1. The number of nitrogens with zero attached hydrogens (tertiary/aromatic N) is 1. The lowest BCUT2D eigenvalue weighted by atomic mass is 9.98. The van der Waals surface area contributed by atoms with E-state index in [1.54, 1.807) is 14.2 Å². The molecule has 1 aromatic carbocycles. The van der Waals surface area contributed by atoms with Gasteiger partial charge < -0.3 is 15.2 Å². The molecule has 0 aliphatic rings. The van der Waals surface area contributed by atoms with Crippen LogP contribution < -0.4 is 15.2 Å². The van der Waals surface area contributed by atoms with Crippen LogP contribution in [-0.2, 0) is 6.42 Å². The third-order valence-corrected chi connectivity index (χ3v) is 2.90. The summed E-state index contributed by atoms with van der Waals surface area (Å²) in [5.41, 5.74) is 8.62. The molecule has 2 N–H and O–H groups in total. The molecule has 17 heavy (non-hydrogen) atoms. The number of hydrogen-bond acceptors (Lipinski definition) is 4. The molecule has 0 radical (unpaired) electrons. The molecule has 1 unspecified atom stereocenters. The minimum atomic E-state index is -0.532. The fraction of sp³-hybridized carbons (Fsp3) is 0.462. The summed E-state index contributed by atoms with van der Waals surface area (Å²) in [5, 5.41) is 8.76. The van der Waals surface area contributed by atoms with E-state index in [-0.39, 0.29) is 0 Å². The molecule has 0 aliphatic heterocycles. The molecule has 0 amide bonds. The van der Waals surface area contributed by atoms with Gasteiger partial charge in [0.25, 0.3) is 0 Å². The van der Waals surface area contributed by atoms with Crippen molar-refractivity contribution < 1.29 is 9.47 Å². The second kappa shape index (κ2) is 5.55. The first-order valence-electron chi connectivity index (χ1n) is 5.41. The van der Waals surface area contributed by atoms with Gasteiger partial charge in [-0.15, -0.1) is 0 Å². The van der Waals surface area contributed by atoms with Crippen molar-refractivity contribution in [2.75, 3.05) is 14.2 Å². The Bertz CT molecular complexity index is 450. The van der Waals surface area contributed by atoms with Gasteiger partial charge >= 0.3 is 0 Å². The van der Waals surface area contributed by atoms with Crippen LogP contribution in [-0.4, -0.2) is 20.3 Å². The molecule has 1 rings (SSSR count). The van der Waals surface area contributed by atoms with Gasteiger partial charge in [0.1, 0.15) is 11.5 Å². The Balaban J connectivity index is 3.28. The van der Waals surface area contributed by atoms with E-state index in [4.69, 9.17) is 20.5 Å². The largest absolute Gasteiger partial charge is 0.496 e. The molecule has 0 aliphatic carbocycles. The number of rotatable bonds is 4. The molecule has 0 spiro atoms. The number of nitriles is 1. The highest BCUT2D eigenvalue weighted by atomic mass is 16.5. The molecular formula is C13H18N2O2. The van der Waals surface area contributed by atoms with E-state index in [0.29, 0.717) is 6.42 Å². The van der Waals surface area contributed by atoms with Crippen LogP contribution in [0, 0.1) is 25.2 Å². The number of benzene rings is 1. The lowest BCUT2D eigenvalue weighted by Crippen LogP contribution is -2.20. The Morgan fingerprint density at radius 3 is 2.41 bits per heavy atom. The summed E-state index contributed by atoms with van der Waals surface area (Å²) < 4.78 is 10.7. The van der Waals surface area contributed by atoms with Crippen molar-refractivity contribution in [1.82, 2.24) is 0 Å². The lowest BCUT2D eigenvalue weighted by molar-refractivity contribution is 0.393. The van der Waals surface area contributed by atoms with Crippen LogP contribution in [0.3, 0.4) is 0 Å². The van der Waals surface area contributed by atoms with E-state index in [9.17, 15) is 0 Å². The number of hydrogen-bond donors (Lipinski definition) is 1. The average Bonchev–Trinajstić information content (AvgIpc) is 2.33. The van der Waals surface area contributed by atoms with Crippen LogP contribution in [0.4, 0.5) is 0 Å². The summed E-state index contributed by atoms with van der Waals surface area (Å²) in [6, 6.07) is 3.37. The Kier molecular flexibility index (Phi) is 4.36. The van der Waals surface area contributed by atoms with E-state index in [2.05, 4.69) is 0 Å². The number of methoxy groups -OCH3 is 2. The van der Waals surface area contributed by atoms with Gasteiger partial charge in [-0.25, -0.2) is 0 Å². The predicted octanol–water partition coefficient (Wildman–Crippen LogP) is 1.71. The zero-order valence-corrected chi connectivity index (χ0v) is 10.7. The first-order chi connectivity index (χ1) is 8.04. The predicted molar refractivity (Wildman–Crippen MR) is 66.3 cm³/mol. The van der Waals surface area contributed by atoms with Gasteiger partial charge in [-0.2, -0.15) is 5.26 Å². The van der Waals surface area contributed by atoms with Gasteiger partial charge in [0.05, 0.1) is 26.3 Å². The summed E-state index contributed by atoms with van der Waals surface area (Å²) in [5.74, 6) is 1.58. The lowest BCUT2D eigenvalue weighted by Gasteiger charge is -2.17. The van der Waals surface area contributed by atoms with Crippen LogP contribution in [0.1, 0.15) is 16.7 Å². The molecule has 1 atom stereocenters. The van der Waals surface area contributed by atoms with Crippen LogP contribution >= 0.6 is 0 Å². The molecule has 0 fully saturated rings. The van der Waals surface area contributed by atoms with Crippen LogP contribution in [0.5, 0.6) is 11.5 Å². The van der Waals surface area contributed by atoms with E-state index in [1.807, 2.05) is 26.0 Å². The van der Waals surface area contributed by atoms with Gasteiger partial charge in [-0.3, -0.25) is 0 Å². The zero-order valence-electron chi connectivity index (χ0n) is 10.7. The van der Waals surface area contributed by atoms with Gasteiger partial charge in [-0.1, -0.05) is 0 Å². The summed E-state index contributed by atoms with van der Waals surface area (Å²) in [6.07, 6.45) is 0.456. The molecular weight excluding hydrogens is 216 g/mol. The molecule has 1 aromatic rings. The Morgan fingerprint density at radius 2 is 1.94 bits per heavy atom. The molecule has 0 bridgehead atoms. The van der Waals surface area contributed by atoms with Gasteiger partial charge in [0.15, 0.2) is 0 Å². The molecule has 0 saturated heterocycles. The zero-order chi connectivity index (χ0) is 13.0. The average molecular weight is 234 g/mol. The molecule has 92 valence electrons. The third-order valence-electron chi connectivity index (χ3n) is 2.90.